The summed E-state index contributed by atoms with van der Waals surface area (Å²) in [6, 6.07) is 38.2. The molecule has 0 spiro atoms. The number of hydrogen-bond donors (Lipinski definition) is 0. The molecule has 0 atom stereocenters. The van der Waals surface area contributed by atoms with E-state index in [1.165, 1.54) is 16.7 Å². The van der Waals surface area contributed by atoms with Crippen LogP contribution in [0.15, 0.2) is 128 Å². The van der Waals surface area contributed by atoms with Crippen LogP contribution < -0.4 is 9.64 Å². The van der Waals surface area contributed by atoms with E-state index in [-0.39, 0.29) is 10.8 Å². The molecule has 1 aliphatic rings. The third-order valence-corrected chi connectivity index (χ3v) is 8.86. The SMILES string of the molecule is CC(C)(C)c1cc(Oc2cccc(-c3cc(C(C)(C)c4ccccc4)ccn3)c2)cc(N2Cn3ccnc3-c3ccccc32)c1. The van der Waals surface area contributed by atoms with E-state index in [1.807, 2.05) is 30.7 Å². The van der Waals surface area contributed by atoms with Gasteiger partial charge in [0.15, 0.2) is 0 Å². The van der Waals surface area contributed by atoms with Crippen molar-refractivity contribution in [3.8, 4) is 34.1 Å². The minimum atomic E-state index is -0.151. The zero-order valence-corrected chi connectivity index (χ0v) is 26.5. The molecule has 0 radical (unpaired) electrons. The first-order valence-electron chi connectivity index (χ1n) is 15.5. The van der Waals surface area contributed by atoms with Crippen LogP contribution in [0.1, 0.15) is 51.3 Å². The summed E-state index contributed by atoms with van der Waals surface area (Å²) in [5.74, 6) is 2.57. The van der Waals surface area contributed by atoms with Crippen LogP contribution in [-0.2, 0) is 17.5 Å². The smallest absolute Gasteiger partial charge is 0.143 e. The molecule has 6 aromatic rings. The third-order valence-electron chi connectivity index (χ3n) is 8.86. The topological polar surface area (TPSA) is 43.2 Å². The number of fused-ring (bicyclic) bond motifs is 3. The van der Waals surface area contributed by atoms with Crippen LogP contribution in [0.25, 0.3) is 22.6 Å². The van der Waals surface area contributed by atoms with Crippen LogP contribution in [0.4, 0.5) is 11.4 Å². The number of aromatic nitrogens is 3. The molecule has 1 aliphatic heterocycles. The highest BCUT2D eigenvalue weighted by molar-refractivity contribution is 5.81. The van der Waals surface area contributed by atoms with Gasteiger partial charge in [0.25, 0.3) is 0 Å². The average molecular weight is 591 g/mol. The Labute approximate surface area is 265 Å². The number of ether oxygens (including phenoxy) is 1. The Kier molecular flexibility index (Phi) is 7.04. The standard InChI is InChI=1S/C40H38N4O/c1-39(2,3)31-23-32(44-27-43-21-20-42-38(43)35-16-9-10-17-37(35)44)26-34(24-31)45-33-15-11-12-28(22-33)36-25-30(18-19-41-36)40(4,5)29-13-7-6-8-14-29/h6-26H,27H2,1-5H3. The van der Waals surface area contributed by atoms with Gasteiger partial charge in [0, 0.05) is 46.9 Å². The Morgan fingerprint density at radius 1 is 0.644 bits per heavy atom. The lowest BCUT2D eigenvalue weighted by molar-refractivity contribution is 0.478. The van der Waals surface area contributed by atoms with Gasteiger partial charge in [-0.2, -0.15) is 0 Å². The summed E-state index contributed by atoms with van der Waals surface area (Å²) >= 11 is 0. The highest BCUT2D eigenvalue weighted by Gasteiger charge is 2.26. The van der Waals surface area contributed by atoms with E-state index in [0.717, 1.165) is 45.5 Å². The summed E-state index contributed by atoms with van der Waals surface area (Å²) < 4.78 is 8.83. The van der Waals surface area contributed by atoms with Crippen LogP contribution >= 0.6 is 0 Å². The van der Waals surface area contributed by atoms with E-state index in [0.29, 0.717) is 6.67 Å². The molecule has 7 rings (SSSR count). The second-order valence-electron chi connectivity index (χ2n) is 13.3. The lowest BCUT2D eigenvalue weighted by Crippen LogP contribution is -2.26. The summed E-state index contributed by atoms with van der Waals surface area (Å²) in [4.78, 5) is 11.7. The van der Waals surface area contributed by atoms with Crippen LogP contribution in [0.3, 0.4) is 0 Å². The van der Waals surface area contributed by atoms with Crippen molar-refractivity contribution in [2.75, 3.05) is 4.90 Å². The Morgan fingerprint density at radius 3 is 2.27 bits per heavy atom. The number of para-hydroxylation sites is 1. The van der Waals surface area contributed by atoms with E-state index >= 15 is 0 Å². The van der Waals surface area contributed by atoms with Gasteiger partial charge in [-0.25, -0.2) is 4.98 Å². The first-order chi connectivity index (χ1) is 21.7. The Morgan fingerprint density at radius 2 is 1.44 bits per heavy atom. The lowest BCUT2D eigenvalue weighted by atomic mass is 9.78. The van der Waals surface area contributed by atoms with Gasteiger partial charge in [0.1, 0.15) is 24.0 Å². The average Bonchev–Trinajstić information content (AvgIpc) is 3.54. The summed E-state index contributed by atoms with van der Waals surface area (Å²) in [6.07, 6.45) is 5.82. The van der Waals surface area contributed by atoms with E-state index in [4.69, 9.17) is 9.72 Å². The maximum atomic E-state index is 6.64. The number of imidazole rings is 1. The molecule has 0 saturated carbocycles. The number of nitrogens with zero attached hydrogens (tertiary/aromatic N) is 4. The molecule has 0 amide bonds. The molecule has 0 fully saturated rings. The van der Waals surface area contributed by atoms with E-state index in [9.17, 15) is 0 Å². The van der Waals surface area contributed by atoms with Crippen LogP contribution in [0.5, 0.6) is 11.5 Å². The highest BCUT2D eigenvalue weighted by Crippen LogP contribution is 2.42. The van der Waals surface area contributed by atoms with Crippen molar-refractivity contribution < 1.29 is 4.74 Å². The molecular weight excluding hydrogens is 552 g/mol. The number of rotatable bonds is 6. The fourth-order valence-corrected chi connectivity index (χ4v) is 6.10. The Bertz CT molecular complexity index is 1980. The summed E-state index contributed by atoms with van der Waals surface area (Å²) in [5, 5.41) is 0. The second kappa shape index (κ2) is 11.1. The summed E-state index contributed by atoms with van der Waals surface area (Å²) in [6.45, 7) is 11.9. The molecule has 0 unspecified atom stereocenters. The molecule has 5 heteroatoms. The molecule has 0 bridgehead atoms. The molecule has 5 nitrogen and oxygen atoms in total. The van der Waals surface area contributed by atoms with Crippen molar-refractivity contribution in [1.29, 1.82) is 0 Å². The van der Waals surface area contributed by atoms with Gasteiger partial charge in [0.05, 0.1) is 11.4 Å². The molecular formula is C40H38N4O. The largest absolute Gasteiger partial charge is 0.457 e. The minimum Gasteiger partial charge on any atom is -0.457 e. The van der Waals surface area contributed by atoms with Crippen molar-refractivity contribution in [1.82, 2.24) is 14.5 Å². The zero-order valence-electron chi connectivity index (χ0n) is 26.5. The van der Waals surface area contributed by atoms with Crippen molar-refractivity contribution in [3.05, 3.63) is 144 Å². The number of benzene rings is 4. The summed E-state index contributed by atoms with van der Waals surface area (Å²) in [7, 11) is 0. The van der Waals surface area contributed by atoms with Gasteiger partial charge < -0.3 is 14.2 Å². The third kappa shape index (κ3) is 5.51. The predicted molar refractivity (Wildman–Crippen MR) is 183 cm³/mol. The highest BCUT2D eigenvalue weighted by atomic mass is 16.5. The Balaban J connectivity index is 1.23. The fourth-order valence-electron chi connectivity index (χ4n) is 6.10. The molecule has 224 valence electrons. The molecule has 0 N–H and O–H groups in total. The van der Waals surface area contributed by atoms with Crippen molar-refractivity contribution in [2.24, 2.45) is 0 Å². The van der Waals surface area contributed by atoms with Gasteiger partial charge in [-0.1, -0.05) is 89.2 Å². The maximum Gasteiger partial charge on any atom is 0.143 e. The molecule has 2 aromatic heterocycles. The number of pyridine rings is 1. The molecule has 3 heterocycles. The van der Waals surface area contributed by atoms with Gasteiger partial charge in [0.2, 0.25) is 0 Å². The fraction of sp³-hybridized carbons (Fsp3) is 0.200. The van der Waals surface area contributed by atoms with Crippen LogP contribution in [-0.4, -0.2) is 14.5 Å². The van der Waals surface area contributed by atoms with Crippen LogP contribution in [0, 0.1) is 0 Å². The van der Waals surface area contributed by atoms with E-state index < -0.39 is 0 Å². The van der Waals surface area contributed by atoms with E-state index in [1.54, 1.807) is 0 Å². The normalized spacial score (nSPS) is 12.9. The first-order valence-corrected chi connectivity index (χ1v) is 15.5. The number of hydrogen-bond acceptors (Lipinski definition) is 4. The Hall–Kier alpha value is -5.16. The quantitative estimate of drug-likeness (QED) is 0.194. The van der Waals surface area contributed by atoms with E-state index in [2.05, 4.69) is 146 Å². The first kappa shape index (κ1) is 28.6. The van der Waals surface area contributed by atoms with Gasteiger partial charge >= 0.3 is 0 Å². The summed E-state index contributed by atoms with van der Waals surface area (Å²) in [5.41, 5.74) is 8.76. The van der Waals surface area contributed by atoms with Crippen molar-refractivity contribution in [3.63, 3.8) is 0 Å². The van der Waals surface area contributed by atoms with Crippen molar-refractivity contribution >= 4 is 11.4 Å². The van der Waals surface area contributed by atoms with Crippen LogP contribution in [0.2, 0.25) is 0 Å². The second-order valence-corrected chi connectivity index (χ2v) is 13.3. The van der Waals surface area contributed by atoms with Crippen molar-refractivity contribution in [2.45, 2.75) is 52.1 Å². The minimum absolute atomic E-state index is 0.0681. The zero-order chi connectivity index (χ0) is 31.2. The van der Waals surface area contributed by atoms with Gasteiger partial charge in [-0.05, 0) is 70.6 Å². The predicted octanol–water partition coefficient (Wildman–Crippen LogP) is 10.1. The lowest BCUT2D eigenvalue weighted by Gasteiger charge is -2.33. The monoisotopic (exact) mass is 590 g/mol. The molecule has 4 aromatic carbocycles. The maximum absolute atomic E-state index is 6.64. The molecule has 0 aliphatic carbocycles. The van der Waals surface area contributed by atoms with Gasteiger partial charge in [-0.3, -0.25) is 4.98 Å². The molecule has 45 heavy (non-hydrogen) atoms. The molecule has 0 saturated heterocycles. The number of anilines is 2. The van der Waals surface area contributed by atoms with Gasteiger partial charge in [-0.15, -0.1) is 0 Å².